The Morgan fingerprint density at radius 1 is 1.27 bits per heavy atom. The zero-order chi connectivity index (χ0) is 16.4. The predicted molar refractivity (Wildman–Crippen MR) is 82.7 cm³/mol. The Kier molecular flexibility index (Phi) is 7.96. The molecule has 118 valence electrons. The van der Waals surface area contributed by atoms with Gasteiger partial charge in [0.15, 0.2) is 0 Å². The van der Waals surface area contributed by atoms with Crippen LogP contribution in [0.5, 0.6) is 0 Å². The molecule has 0 radical (unpaired) electrons. The summed E-state index contributed by atoms with van der Waals surface area (Å²) in [6.07, 6.45) is 0.329. The number of carbonyl (C=O) groups is 2. The topological polar surface area (TPSA) is 96.8 Å². The van der Waals surface area contributed by atoms with E-state index in [1.165, 1.54) is 0 Å². The zero-order valence-electron chi connectivity index (χ0n) is 12.4. The highest BCUT2D eigenvalue weighted by atomic mass is 32.2. The van der Waals surface area contributed by atoms with Crippen molar-refractivity contribution in [3.8, 4) is 0 Å². The van der Waals surface area contributed by atoms with Crippen LogP contribution in [0, 0.1) is 0 Å². The number of rotatable bonds is 9. The van der Waals surface area contributed by atoms with Crippen LogP contribution < -0.4 is 0 Å². The van der Waals surface area contributed by atoms with E-state index in [0.717, 1.165) is 5.56 Å². The molecule has 1 aromatic carbocycles. The van der Waals surface area contributed by atoms with E-state index >= 15 is 0 Å². The van der Waals surface area contributed by atoms with Gasteiger partial charge >= 0.3 is 11.7 Å². The van der Waals surface area contributed by atoms with Crippen molar-refractivity contribution in [2.45, 2.75) is 25.5 Å². The Morgan fingerprint density at radius 3 is 2.55 bits per heavy atom. The van der Waals surface area contributed by atoms with Gasteiger partial charge < -0.3 is 10.3 Å². The molecule has 1 aromatic rings. The van der Waals surface area contributed by atoms with Gasteiger partial charge in [-0.05, 0) is 18.9 Å². The van der Waals surface area contributed by atoms with Gasteiger partial charge in [0.2, 0.25) is 0 Å². The highest BCUT2D eigenvalue weighted by molar-refractivity contribution is 7.84. The molecule has 0 heterocycles. The van der Waals surface area contributed by atoms with Crippen molar-refractivity contribution in [1.29, 1.82) is 0 Å². The predicted octanol–water partition coefficient (Wildman–Crippen LogP) is 1.52. The molecule has 6 nitrogen and oxygen atoms in total. The first-order valence-corrected chi connectivity index (χ1v) is 8.38. The molecular formula is C15H18N2O4S. The molecular weight excluding hydrogens is 304 g/mol. The number of carbonyl (C=O) groups excluding carboxylic acids is 2. The van der Waals surface area contributed by atoms with Crippen LogP contribution in [0.2, 0.25) is 0 Å². The average molecular weight is 322 g/mol. The van der Waals surface area contributed by atoms with E-state index in [1.54, 1.807) is 6.92 Å². The summed E-state index contributed by atoms with van der Waals surface area (Å²) in [4.78, 5) is 25.8. The van der Waals surface area contributed by atoms with Gasteiger partial charge in [-0.1, -0.05) is 30.3 Å². The van der Waals surface area contributed by atoms with Crippen LogP contribution in [0.1, 0.15) is 25.3 Å². The molecule has 0 fully saturated rings. The van der Waals surface area contributed by atoms with E-state index in [1.807, 2.05) is 30.3 Å². The van der Waals surface area contributed by atoms with Gasteiger partial charge in [0.1, 0.15) is 0 Å². The first kappa shape index (κ1) is 17.9. The summed E-state index contributed by atoms with van der Waals surface area (Å²) in [5.41, 5.74) is 9.06. The lowest BCUT2D eigenvalue weighted by Gasteiger charge is -2.02. The summed E-state index contributed by atoms with van der Waals surface area (Å²) in [5.74, 6) is -0.797. The molecule has 1 atom stereocenters. The standard InChI is InChI=1S/C15H18N2O4S/c1-2-21-15(19)14(17-16)13(18)9-6-10-22(20)11-12-7-4-3-5-8-12/h3-5,7-8H,2,6,9-11H2,1H3. The van der Waals surface area contributed by atoms with E-state index in [9.17, 15) is 13.8 Å². The van der Waals surface area contributed by atoms with E-state index in [-0.39, 0.29) is 13.0 Å². The lowest BCUT2D eigenvalue weighted by atomic mass is 10.1. The normalized spacial score (nSPS) is 11.3. The van der Waals surface area contributed by atoms with Gasteiger partial charge in [0, 0.05) is 28.7 Å². The summed E-state index contributed by atoms with van der Waals surface area (Å²) in [6, 6.07) is 9.41. The fraction of sp³-hybridized carbons (Fsp3) is 0.400. The van der Waals surface area contributed by atoms with Gasteiger partial charge in [-0.25, -0.2) is 4.79 Å². The van der Waals surface area contributed by atoms with Gasteiger partial charge in [-0.2, -0.15) is 4.79 Å². The van der Waals surface area contributed by atoms with Gasteiger partial charge in [-0.15, -0.1) is 0 Å². The summed E-state index contributed by atoms with van der Waals surface area (Å²) in [5, 5.41) is 0. The number of nitrogens with zero attached hydrogens (tertiary/aromatic N) is 2. The number of hydrogen-bond acceptors (Lipinski definition) is 4. The second kappa shape index (κ2) is 9.76. The number of ketones is 1. The molecule has 0 bridgehead atoms. The molecule has 1 unspecified atom stereocenters. The van der Waals surface area contributed by atoms with Crippen LogP contribution in [0.15, 0.2) is 30.3 Å². The Morgan fingerprint density at radius 2 is 1.95 bits per heavy atom. The highest BCUT2D eigenvalue weighted by Gasteiger charge is 2.30. The van der Waals surface area contributed by atoms with Crippen LogP contribution in [0.4, 0.5) is 0 Å². The fourth-order valence-electron chi connectivity index (χ4n) is 1.75. The molecule has 0 aliphatic rings. The molecule has 0 aromatic heterocycles. The Bertz CT molecular complexity index is 595. The highest BCUT2D eigenvalue weighted by Crippen LogP contribution is 2.05. The Hall–Kier alpha value is -2.11. The van der Waals surface area contributed by atoms with Gasteiger partial charge in [-0.3, -0.25) is 9.00 Å². The number of benzene rings is 1. The van der Waals surface area contributed by atoms with Crippen molar-refractivity contribution in [2.75, 3.05) is 12.4 Å². The second-order valence-electron chi connectivity index (χ2n) is 4.47. The molecule has 0 aliphatic carbocycles. The van der Waals surface area contributed by atoms with E-state index < -0.39 is 28.3 Å². The largest absolute Gasteiger partial charge is 0.457 e. The third-order valence-electron chi connectivity index (χ3n) is 2.78. The van der Waals surface area contributed by atoms with Gasteiger partial charge in [0.05, 0.1) is 6.61 Å². The summed E-state index contributed by atoms with van der Waals surface area (Å²) in [7, 11) is -1.09. The van der Waals surface area contributed by atoms with Gasteiger partial charge in [0.25, 0.3) is 5.78 Å². The van der Waals surface area contributed by atoms with Crippen molar-refractivity contribution in [2.24, 2.45) is 0 Å². The monoisotopic (exact) mass is 322 g/mol. The minimum absolute atomic E-state index is 0.0151. The molecule has 0 N–H and O–H groups in total. The summed E-state index contributed by atoms with van der Waals surface area (Å²) < 4.78 is 16.5. The Labute approximate surface area is 131 Å². The number of hydrogen-bond donors (Lipinski definition) is 0. The minimum atomic E-state index is -1.09. The maximum atomic E-state index is 11.9. The molecule has 0 spiro atoms. The smallest absolute Gasteiger partial charge is 0.441 e. The lowest BCUT2D eigenvalue weighted by Crippen LogP contribution is -2.27. The summed E-state index contributed by atoms with van der Waals surface area (Å²) in [6.45, 7) is 1.68. The average Bonchev–Trinajstić information content (AvgIpc) is 2.49. The third-order valence-corrected chi connectivity index (χ3v) is 4.18. The van der Waals surface area contributed by atoms with Crippen LogP contribution in [0.25, 0.3) is 5.53 Å². The molecule has 0 saturated heterocycles. The molecule has 1 rings (SSSR count). The van der Waals surface area contributed by atoms with Crippen molar-refractivity contribution >= 4 is 28.3 Å². The number of ether oxygens (including phenoxy) is 1. The van der Waals surface area contributed by atoms with Crippen LogP contribution >= 0.6 is 0 Å². The van der Waals surface area contributed by atoms with Crippen molar-refractivity contribution in [3.05, 3.63) is 41.4 Å². The maximum Gasteiger partial charge on any atom is 0.441 e. The molecule has 0 saturated carbocycles. The van der Waals surface area contributed by atoms with Crippen molar-refractivity contribution in [3.63, 3.8) is 0 Å². The number of esters is 1. The van der Waals surface area contributed by atoms with Crippen LogP contribution in [0.3, 0.4) is 0 Å². The first-order chi connectivity index (χ1) is 10.6. The van der Waals surface area contributed by atoms with Crippen LogP contribution in [-0.4, -0.2) is 38.8 Å². The third kappa shape index (κ3) is 6.11. The van der Waals surface area contributed by atoms with Crippen LogP contribution in [-0.2, 0) is 30.9 Å². The molecule has 0 amide bonds. The Balaban J connectivity index is 2.40. The lowest BCUT2D eigenvalue weighted by molar-refractivity contribution is -0.141. The summed E-state index contributed by atoms with van der Waals surface area (Å²) >= 11 is 0. The zero-order valence-corrected chi connectivity index (χ0v) is 13.2. The second-order valence-corrected chi connectivity index (χ2v) is 6.05. The maximum absolute atomic E-state index is 11.9. The van der Waals surface area contributed by atoms with E-state index in [0.29, 0.717) is 17.9 Å². The van der Waals surface area contributed by atoms with Crippen molar-refractivity contribution < 1.29 is 23.3 Å². The molecule has 0 aliphatic heterocycles. The van der Waals surface area contributed by atoms with E-state index in [4.69, 9.17) is 5.53 Å². The quantitative estimate of drug-likeness (QED) is 0.226. The molecule has 7 heteroatoms. The number of Topliss-reactive ketones (excluding diaryl/α,β-unsaturated/α-hetero) is 1. The first-order valence-electron chi connectivity index (χ1n) is 6.89. The minimum Gasteiger partial charge on any atom is -0.457 e. The van der Waals surface area contributed by atoms with Crippen molar-refractivity contribution in [1.82, 2.24) is 0 Å². The molecule has 22 heavy (non-hydrogen) atoms. The fourth-order valence-corrected chi connectivity index (χ4v) is 2.93. The SMILES string of the molecule is CCOC(=O)C(=[N+]=[N-])C(=O)CCCS(=O)Cc1ccccc1. The van der Waals surface area contributed by atoms with E-state index in [2.05, 4.69) is 9.53 Å².